The molecule has 146 valence electrons. The van der Waals surface area contributed by atoms with Crippen LogP contribution in [0, 0.1) is 6.92 Å². The van der Waals surface area contributed by atoms with E-state index in [-0.39, 0.29) is 36.7 Å². The second-order valence-corrected chi connectivity index (χ2v) is 7.65. The number of hydrogen-bond acceptors (Lipinski definition) is 3. The fraction of sp³-hybridized carbons (Fsp3) is 0.286. The summed E-state index contributed by atoms with van der Waals surface area (Å²) in [6.07, 6.45) is 1.25. The molecule has 4 amide bonds. The van der Waals surface area contributed by atoms with Gasteiger partial charge in [0, 0.05) is 23.0 Å². The third-order valence-electron chi connectivity index (χ3n) is 4.73. The molecule has 0 radical (unpaired) electrons. The van der Waals surface area contributed by atoms with Crippen LogP contribution in [0.1, 0.15) is 43.4 Å². The topological polar surface area (TPSA) is 78.5 Å². The van der Waals surface area contributed by atoms with Crippen LogP contribution < -0.4 is 15.5 Å². The Bertz CT molecular complexity index is 896. The molecule has 0 aromatic heterocycles. The lowest BCUT2D eigenvalue weighted by molar-refractivity contribution is -0.121. The van der Waals surface area contributed by atoms with E-state index in [1.54, 1.807) is 18.2 Å². The lowest BCUT2D eigenvalue weighted by atomic mass is 10.1. The van der Waals surface area contributed by atoms with Crippen LogP contribution in [0.2, 0.25) is 0 Å². The van der Waals surface area contributed by atoms with E-state index in [1.807, 2.05) is 38.1 Å². The first-order valence-corrected chi connectivity index (χ1v) is 9.97. The lowest BCUT2D eigenvalue weighted by Crippen LogP contribution is -2.32. The molecule has 0 spiro atoms. The Morgan fingerprint density at radius 3 is 2.32 bits per heavy atom. The zero-order valence-corrected chi connectivity index (χ0v) is 17.4. The number of nitrogens with one attached hydrogen (secondary N) is 2. The minimum atomic E-state index is -0.310. The number of halogens is 1. The molecule has 1 aliphatic heterocycles. The predicted molar refractivity (Wildman–Crippen MR) is 112 cm³/mol. The summed E-state index contributed by atoms with van der Waals surface area (Å²) >= 11 is 3.41. The van der Waals surface area contributed by atoms with Gasteiger partial charge in [0.05, 0.1) is 11.7 Å². The molecule has 1 saturated heterocycles. The minimum Gasteiger partial charge on any atom is -0.331 e. The molecule has 0 aliphatic carbocycles. The predicted octanol–water partition coefficient (Wildman–Crippen LogP) is 4.68. The molecular weight excluding hydrogens is 422 g/mol. The number of rotatable bonds is 5. The van der Waals surface area contributed by atoms with E-state index in [4.69, 9.17) is 0 Å². The van der Waals surface area contributed by atoms with E-state index in [0.29, 0.717) is 11.4 Å². The Labute approximate surface area is 172 Å². The van der Waals surface area contributed by atoms with Crippen molar-refractivity contribution >= 4 is 45.2 Å². The smallest absolute Gasteiger partial charge is 0.319 e. The van der Waals surface area contributed by atoms with E-state index >= 15 is 0 Å². The van der Waals surface area contributed by atoms with E-state index in [2.05, 4.69) is 26.6 Å². The molecule has 1 aliphatic rings. The first kappa shape index (κ1) is 20.1. The third-order valence-corrected chi connectivity index (χ3v) is 5.26. The molecule has 0 saturated carbocycles. The molecule has 6 nitrogen and oxygen atoms in total. The molecule has 0 bridgehead atoms. The van der Waals surface area contributed by atoms with Crippen LogP contribution in [0.3, 0.4) is 0 Å². The monoisotopic (exact) mass is 443 g/mol. The minimum absolute atomic E-state index is 0.103. The normalized spacial score (nSPS) is 14.9. The van der Waals surface area contributed by atoms with Gasteiger partial charge >= 0.3 is 6.03 Å². The Kier molecular flexibility index (Phi) is 6.14. The van der Waals surface area contributed by atoms with Crippen LogP contribution in [-0.2, 0) is 9.59 Å². The summed E-state index contributed by atoms with van der Waals surface area (Å²) < 4.78 is 0.987. The van der Waals surface area contributed by atoms with Crippen molar-refractivity contribution in [3.63, 3.8) is 0 Å². The van der Waals surface area contributed by atoms with Gasteiger partial charge in [-0.2, -0.15) is 0 Å². The van der Waals surface area contributed by atoms with Crippen LogP contribution in [0.25, 0.3) is 0 Å². The van der Waals surface area contributed by atoms with E-state index in [9.17, 15) is 14.4 Å². The molecule has 2 N–H and O–H groups in total. The van der Waals surface area contributed by atoms with Gasteiger partial charge in [0.2, 0.25) is 11.8 Å². The molecular formula is C21H22BrN3O3. The van der Waals surface area contributed by atoms with Crippen LogP contribution in [-0.4, -0.2) is 17.8 Å². The number of hydrogen-bond donors (Lipinski definition) is 2. The number of benzene rings is 2. The maximum absolute atomic E-state index is 12.4. The SMILES string of the molecule is CCC(NC(=O)Nc1ccc(N2C(=O)CCC2=O)c(C)c1)c1ccc(Br)cc1. The Balaban J connectivity index is 1.68. The standard InChI is InChI=1S/C21H22BrN3O3/c1-3-17(14-4-6-15(22)7-5-14)24-21(28)23-16-8-9-18(13(2)12-16)25-19(26)10-11-20(25)27/h4-9,12,17H,3,10-11H2,1-2H3,(H2,23,24,28). The molecule has 1 fully saturated rings. The molecule has 7 heteroatoms. The van der Waals surface area contributed by atoms with Crippen molar-refractivity contribution in [1.29, 1.82) is 0 Å². The van der Waals surface area contributed by atoms with Crippen molar-refractivity contribution in [2.75, 3.05) is 10.2 Å². The molecule has 3 rings (SSSR count). The van der Waals surface area contributed by atoms with Gasteiger partial charge in [-0.3, -0.25) is 14.5 Å². The van der Waals surface area contributed by atoms with E-state index in [0.717, 1.165) is 22.0 Å². The highest BCUT2D eigenvalue weighted by Gasteiger charge is 2.31. The van der Waals surface area contributed by atoms with Gasteiger partial charge in [0.25, 0.3) is 0 Å². The second kappa shape index (κ2) is 8.56. The summed E-state index contributed by atoms with van der Waals surface area (Å²) in [5, 5.41) is 5.79. The van der Waals surface area contributed by atoms with Gasteiger partial charge in [-0.15, -0.1) is 0 Å². The van der Waals surface area contributed by atoms with Crippen LogP contribution in [0.15, 0.2) is 46.9 Å². The van der Waals surface area contributed by atoms with Crippen LogP contribution in [0.4, 0.5) is 16.2 Å². The van der Waals surface area contributed by atoms with Crippen molar-refractivity contribution in [3.05, 3.63) is 58.1 Å². The summed E-state index contributed by atoms with van der Waals surface area (Å²) in [4.78, 5) is 37.5. The molecule has 28 heavy (non-hydrogen) atoms. The number of urea groups is 1. The molecule has 1 atom stereocenters. The number of amides is 4. The van der Waals surface area contributed by atoms with Crippen LogP contribution >= 0.6 is 15.9 Å². The van der Waals surface area contributed by atoms with Gasteiger partial charge in [0.15, 0.2) is 0 Å². The number of imide groups is 1. The van der Waals surface area contributed by atoms with Crippen molar-refractivity contribution in [3.8, 4) is 0 Å². The molecule has 1 unspecified atom stereocenters. The fourth-order valence-electron chi connectivity index (χ4n) is 3.27. The molecule has 2 aromatic rings. The number of carbonyl (C=O) groups excluding carboxylic acids is 3. The first-order valence-electron chi connectivity index (χ1n) is 9.18. The van der Waals surface area contributed by atoms with Gasteiger partial charge in [-0.05, 0) is 54.8 Å². The second-order valence-electron chi connectivity index (χ2n) is 6.74. The van der Waals surface area contributed by atoms with Crippen molar-refractivity contribution in [2.45, 2.75) is 39.2 Å². The van der Waals surface area contributed by atoms with Crippen LogP contribution in [0.5, 0.6) is 0 Å². The van der Waals surface area contributed by atoms with Crippen molar-refractivity contribution < 1.29 is 14.4 Å². The highest BCUT2D eigenvalue weighted by molar-refractivity contribution is 9.10. The third kappa shape index (κ3) is 4.42. The zero-order chi connectivity index (χ0) is 20.3. The largest absolute Gasteiger partial charge is 0.331 e. The van der Waals surface area contributed by atoms with Gasteiger partial charge in [-0.1, -0.05) is 35.0 Å². The number of carbonyl (C=O) groups is 3. The molecule has 2 aromatic carbocycles. The van der Waals surface area contributed by atoms with Gasteiger partial charge < -0.3 is 10.6 Å². The summed E-state index contributed by atoms with van der Waals surface area (Å²) in [5.41, 5.74) is 2.95. The quantitative estimate of drug-likeness (QED) is 0.658. The fourth-order valence-corrected chi connectivity index (χ4v) is 3.54. The maximum atomic E-state index is 12.4. The summed E-state index contributed by atoms with van der Waals surface area (Å²) in [6.45, 7) is 3.82. The van der Waals surface area contributed by atoms with E-state index in [1.165, 1.54) is 4.90 Å². The lowest BCUT2D eigenvalue weighted by Gasteiger charge is -2.20. The van der Waals surface area contributed by atoms with E-state index < -0.39 is 0 Å². The number of nitrogens with zero attached hydrogens (tertiary/aromatic N) is 1. The van der Waals surface area contributed by atoms with Crippen molar-refractivity contribution in [2.24, 2.45) is 0 Å². The number of anilines is 2. The highest BCUT2D eigenvalue weighted by atomic mass is 79.9. The average Bonchev–Trinajstić information content (AvgIpc) is 2.99. The Morgan fingerprint density at radius 1 is 1.11 bits per heavy atom. The average molecular weight is 444 g/mol. The summed E-state index contributed by atoms with van der Waals surface area (Å²) in [5.74, 6) is -0.376. The van der Waals surface area contributed by atoms with Gasteiger partial charge in [0.1, 0.15) is 0 Å². The first-order chi connectivity index (χ1) is 13.4. The Hall–Kier alpha value is -2.67. The number of aryl methyl sites for hydroxylation is 1. The Morgan fingerprint density at radius 2 is 1.75 bits per heavy atom. The maximum Gasteiger partial charge on any atom is 0.319 e. The summed E-state index contributed by atoms with van der Waals surface area (Å²) in [6, 6.07) is 12.6. The highest BCUT2D eigenvalue weighted by Crippen LogP contribution is 2.28. The zero-order valence-electron chi connectivity index (χ0n) is 15.8. The molecule has 1 heterocycles. The van der Waals surface area contributed by atoms with Gasteiger partial charge in [-0.25, -0.2) is 4.79 Å². The van der Waals surface area contributed by atoms with Crippen molar-refractivity contribution in [1.82, 2.24) is 5.32 Å². The summed E-state index contributed by atoms with van der Waals surface area (Å²) in [7, 11) is 0.